The van der Waals surface area contributed by atoms with E-state index in [-0.39, 0.29) is 5.91 Å². The fourth-order valence-electron chi connectivity index (χ4n) is 1.51. The molecule has 1 amide bonds. The van der Waals surface area contributed by atoms with E-state index < -0.39 is 0 Å². The van der Waals surface area contributed by atoms with Gasteiger partial charge in [-0.25, -0.2) is 0 Å². The number of hydrogen-bond donors (Lipinski definition) is 2. The topological polar surface area (TPSA) is 54.0 Å². The lowest BCUT2D eigenvalue weighted by Crippen LogP contribution is -2.19. The molecule has 0 spiro atoms. The van der Waals surface area contributed by atoms with Crippen LogP contribution in [0.3, 0.4) is 0 Å². The SMILES string of the molecule is CNC(=O)c1cc(NC2CC2C)ccn1. The van der Waals surface area contributed by atoms with E-state index in [1.54, 1.807) is 19.3 Å². The Hall–Kier alpha value is -1.58. The molecule has 0 saturated heterocycles. The summed E-state index contributed by atoms with van der Waals surface area (Å²) in [5.41, 5.74) is 1.42. The molecule has 0 bridgehead atoms. The minimum atomic E-state index is -0.150. The van der Waals surface area contributed by atoms with Crippen molar-refractivity contribution in [1.29, 1.82) is 0 Å². The Balaban J connectivity index is 2.08. The van der Waals surface area contributed by atoms with Crippen LogP contribution < -0.4 is 10.6 Å². The molecule has 0 aromatic carbocycles. The number of amides is 1. The number of carbonyl (C=O) groups is 1. The van der Waals surface area contributed by atoms with E-state index in [4.69, 9.17) is 0 Å². The molecule has 2 N–H and O–H groups in total. The minimum Gasteiger partial charge on any atom is -0.382 e. The van der Waals surface area contributed by atoms with Gasteiger partial charge in [0.1, 0.15) is 5.69 Å². The number of nitrogens with zero attached hydrogens (tertiary/aromatic N) is 1. The smallest absolute Gasteiger partial charge is 0.269 e. The fourth-order valence-corrected chi connectivity index (χ4v) is 1.51. The van der Waals surface area contributed by atoms with E-state index in [0.717, 1.165) is 11.6 Å². The van der Waals surface area contributed by atoms with Crippen LogP contribution >= 0.6 is 0 Å². The van der Waals surface area contributed by atoms with Gasteiger partial charge < -0.3 is 10.6 Å². The van der Waals surface area contributed by atoms with Crippen molar-refractivity contribution in [3.8, 4) is 0 Å². The Morgan fingerprint density at radius 2 is 2.33 bits per heavy atom. The molecule has 2 atom stereocenters. The predicted molar refractivity (Wildman–Crippen MR) is 58.8 cm³/mol. The van der Waals surface area contributed by atoms with Crippen molar-refractivity contribution in [2.75, 3.05) is 12.4 Å². The normalized spacial score (nSPS) is 23.3. The zero-order chi connectivity index (χ0) is 10.8. The van der Waals surface area contributed by atoms with Crippen molar-refractivity contribution in [2.45, 2.75) is 19.4 Å². The lowest BCUT2D eigenvalue weighted by atomic mass is 10.3. The van der Waals surface area contributed by atoms with Gasteiger partial charge in [-0.05, 0) is 24.5 Å². The standard InChI is InChI=1S/C11H15N3O/c1-7-5-9(7)14-8-3-4-13-10(6-8)11(15)12-2/h3-4,6-7,9H,5H2,1-2H3,(H,12,15)(H,13,14). The Kier molecular flexibility index (Phi) is 2.58. The zero-order valence-corrected chi connectivity index (χ0v) is 8.95. The summed E-state index contributed by atoms with van der Waals surface area (Å²) in [6.07, 6.45) is 2.86. The molecule has 2 unspecified atom stereocenters. The molecule has 1 aliphatic rings. The Morgan fingerprint density at radius 1 is 1.60 bits per heavy atom. The van der Waals surface area contributed by atoms with Crippen LogP contribution in [0.15, 0.2) is 18.3 Å². The van der Waals surface area contributed by atoms with E-state index in [9.17, 15) is 4.79 Å². The molecule has 1 saturated carbocycles. The van der Waals surface area contributed by atoms with Gasteiger partial charge in [0.2, 0.25) is 0 Å². The average Bonchev–Trinajstić information content (AvgIpc) is 2.93. The third-order valence-corrected chi connectivity index (χ3v) is 2.68. The number of aromatic nitrogens is 1. The molecule has 0 radical (unpaired) electrons. The summed E-state index contributed by atoms with van der Waals surface area (Å²) < 4.78 is 0. The number of hydrogen-bond acceptors (Lipinski definition) is 3. The van der Waals surface area contributed by atoms with Gasteiger partial charge in [-0.3, -0.25) is 9.78 Å². The third-order valence-electron chi connectivity index (χ3n) is 2.68. The Bertz CT molecular complexity index is 378. The molecule has 1 heterocycles. The molecule has 1 fully saturated rings. The molecule has 1 aromatic rings. The number of anilines is 1. The van der Waals surface area contributed by atoms with Crippen molar-refractivity contribution in [2.24, 2.45) is 5.92 Å². The van der Waals surface area contributed by atoms with Crippen LogP contribution in [0.1, 0.15) is 23.8 Å². The highest BCUT2D eigenvalue weighted by Gasteiger charge is 2.32. The van der Waals surface area contributed by atoms with Crippen LogP contribution in [0, 0.1) is 5.92 Å². The third kappa shape index (κ3) is 2.26. The molecule has 1 aliphatic carbocycles. The van der Waals surface area contributed by atoms with Crippen molar-refractivity contribution >= 4 is 11.6 Å². The number of carbonyl (C=O) groups excluding carboxylic acids is 1. The molecule has 15 heavy (non-hydrogen) atoms. The molecule has 4 nitrogen and oxygen atoms in total. The summed E-state index contributed by atoms with van der Waals surface area (Å²) >= 11 is 0. The largest absolute Gasteiger partial charge is 0.382 e. The van der Waals surface area contributed by atoms with E-state index in [0.29, 0.717) is 11.7 Å². The number of rotatable bonds is 3. The fraction of sp³-hybridized carbons (Fsp3) is 0.455. The summed E-state index contributed by atoms with van der Waals surface area (Å²) in [6.45, 7) is 2.21. The first kappa shape index (κ1) is 9.96. The summed E-state index contributed by atoms with van der Waals surface area (Å²) in [4.78, 5) is 15.3. The maximum Gasteiger partial charge on any atom is 0.269 e. The first-order valence-electron chi connectivity index (χ1n) is 5.15. The molecule has 80 valence electrons. The molecule has 4 heteroatoms. The molecule has 0 aliphatic heterocycles. The second-order valence-corrected chi connectivity index (χ2v) is 3.97. The van der Waals surface area contributed by atoms with Gasteiger partial charge in [0, 0.05) is 25.0 Å². The Labute approximate surface area is 89.1 Å². The van der Waals surface area contributed by atoms with E-state index in [1.165, 1.54) is 6.42 Å². The minimum absolute atomic E-state index is 0.150. The predicted octanol–water partition coefficient (Wildman–Crippen LogP) is 1.26. The summed E-state index contributed by atoms with van der Waals surface area (Å²) in [7, 11) is 1.60. The first-order chi connectivity index (χ1) is 7.20. The van der Waals surface area contributed by atoms with E-state index >= 15 is 0 Å². The highest BCUT2D eigenvalue weighted by molar-refractivity contribution is 5.92. The van der Waals surface area contributed by atoms with Crippen molar-refractivity contribution < 1.29 is 4.79 Å². The second-order valence-electron chi connectivity index (χ2n) is 3.97. The molecular weight excluding hydrogens is 190 g/mol. The van der Waals surface area contributed by atoms with Crippen LogP contribution in [0.2, 0.25) is 0 Å². The quantitative estimate of drug-likeness (QED) is 0.781. The molecular formula is C11H15N3O. The zero-order valence-electron chi connectivity index (χ0n) is 8.95. The molecule has 1 aromatic heterocycles. The van der Waals surface area contributed by atoms with Crippen LogP contribution in [-0.4, -0.2) is 24.0 Å². The Morgan fingerprint density at radius 3 is 2.93 bits per heavy atom. The summed E-state index contributed by atoms with van der Waals surface area (Å²) in [5.74, 6) is 0.587. The van der Waals surface area contributed by atoms with Crippen molar-refractivity contribution in [3.05, 3.63) is 24.0 Å². The van der Waals surface area contributed by atoms with E-state index in [1.807, 2.05) is 6.07 Å². The van der Waals surface area contributed by atoms with E-state index in [2.05, 4.69) is 22.5 Å². The number of pyridine rings is 1. The summed E-state index contributed by atoms with van der Waals surface area (Å²) in [6, 6.07) is 4.23. The van der Waals surface area contributed by atoms with Crippen LogP contribution in [0.4, 0.5) is 5.69 Å². The average molecular weight is 205 g/mol. The first-order valence-corrected chi connectivity index (χ1v) is 5.15. The lowest BCUT2D eigenvalue weighted by Gasteiger charge is -2.06. The van der Waals surface area contributed by atoms with Gasteiger partial charge in [0.05, 0.1) is 0 Å². The van der Waals surface area contributed by atoms with Gasteiger partial charge in [-0.1, -0.05) is 6.92 Å². The highest BCUT2D eigenvalue weighted by Crippen LogP contribution is 2.32. The monoisotopic (exact) mass is 205 g/mol. The highest BCUT2D eigenvalue weighted by atomic mass is 16.1. The van der Waals surface area contributed by atoms with Crippen LogP contribution in [0.25, 0.3) is 0 Å². The van der Waals surface area contributed by atoms with Crippen LogP contribution in [-0.2, 0) is 0 Å². The van der Waals surface area contributed by atoms with Gasteiger partial charge >= 0.3 is 0 Å². The second kappa shape index (κ2) is 3.88. The van der Waals surface area contributed by atoms with Crippen molar-refractivity contribution in [3.63, 3.8) is 0 Å². The van der Waals surface area contributed by atoms with Gasteiger partial charge in [-0.2, -0.15) is 0 Å². The lowest BCUT2D eigenvalue weighted by molar-refractivity contribution is 0.0958. The van der Waals surface area contributed by atoms with Gasteiger partial charge in [0.25, 0.3) is 5.91 Å². The summed E-state index contributed by atoms with van der Waals surface area (Å²) in [5, 5.41) is 5.92. The number of nitrogens with one attached hydrogen (secondary N) is 2. The maximum atomic E-state index is 11.3. The maximum absolute atomic E-state index is 11.3. The van der Waals surface area contributed by atoms with Gasteiger partial charge in [0.15, 0.2) is 0 Å². The van der Waals surface area contributed by atoms with Crippen molar-refractivity contribution in [1.82, 2.24) is 10.3 Å². The van der Waals surface area contributed by atoms with Crippen LogP contribution in [0.5, 0.6) is 0 Å². The van der Waals surface area contributed by atoms with Gasteiger partial charge in [-0.15, -0.1) is 0 Å². The molecule has 2 rings (SSSR count).